The summed E-state index contributed by atoms with van der Waals surface area (Å²) in [6, 6.07) is 6.71. The van der Waals surface area contributed by atoms with Crippen molar-refractivity contribution in [1.82, 2.24) is 10.2 Å². The van der Waals surface area contributed by atoms with Gasteiger partial charge in [0.05, 0.1) is 12.7 Å². The summed E-state index contributed by atoms with van der Waals surface area (Å²) in [6.45, 7) is 5.19. The summed E-state index contributed by atoms with van der Waals surface area (Å²) in [5.41, 5.74) is 1.15. The number of nitrogens with one attached hydrogen (secondary N) is 1. The minimum atomic E-state index is 0.299. The molecule has 114 valence electrons. The molecule has 1 aromatic carbocycles. The highest BCUT2D eigenvalue weighted by molar-refractivity contribution is 5.48. The lowest BCUT2D eigenvalue weighted by molar-refractivity contribution is -0.0470. The van der Waals surface area contributed by atoms with E-state index < -0.39 is 0 Å². The van der Waals surface area contributed by atoms with E-state index in [0.717, 1.165) is 43.3 Å². The Bertz CT molecular complexity index is 508. The smallest absolute Gasteiger partial charge is 0.231 e. The van der Waals surface area contributed by atoms with E-state index in [-0.39, 0.29) is 0 Å². The second-order valence-corrected chi connectivity index (χ2v) is 6.03. The fourth-order valence-electron chi connectivity index (χ4n) is 3.51. The van der Waals surface area contributed by atoms with Crippen molar-refractivity contribution < 1.29 is 14.2 Å². The first kappa shape index (κ1) is 13.4. The Morgan fingerprint density at radius 2 is 2.29 bits per heavy atom. The molecule has 0 spiro atoms. The molecule has 2 saturated heterocycles. The van der Waals surface area contributed by atoms with Gasteiger partial charge in [-0.25, -0.2) is 0 Å². The second kappa shape index (κ2) is 5.83. The van der Waals surface area contributed by atoms with Gasteiger partial charge >= 0.3 is 0 Å². The minimum Gasteiger partial charge on any atom is -0.454 e. The van der Waals surface area contributed by atoms with Gasteiger partial charge in [0.2, 0.25) is 6.79 Å². The number of rotatable bonds is 4. The number of fused-ring (bicyclic) bond motifs is 2. The number of para-hydroxylation sites is 1. The highest BCUT2D eigenvalue weighted by atomic mass is 16.7. The maximum Gasteiger partial charge on any atom is 0.231 e. The van der Waals surface area contributed by atoms with Crippen molar-refractivity contribution in [1.29, 1.82) is 0 Å². The number of morpholine rings is 1. The quantitative estimate of drug-likeness (QED) is 0.907. The lowest BCUT2D eigenvalue weighted by atomic mass is 10.1. The largest absolute Gasteiger partial charge is 0.454 e. The molecule has 2 atom stereocenters. The van der Waals surface area contributed by atoms with Crippen molar-refractivity contribution >= 4 is 0 Å². The fourth-order valence-corrected chi connectivity index (χ4v) is 3.51. The molecular weight excluding hydrogens is 268 g/mol. The van der Waals surface area contributed by atoms with Crippen LogP contribution in [0.3, 0.4) is 0 Å². The summed E-state index contributed by atoms with van der Waals surface area (Å²) in [5.74, 6) is 1.73. The van der Waals surface area contributed by atoms with E-state index in [4.69, 9.17) is 14.2 Å². The summed E-state index contributed by atoms with van der Waals surface area (Å²) in [4.78, 5) is 2.58. The molecule has 3 heterocycles. The third kappa shape index (κ3) is 2.73. The van der Waals surface area contributed by atoms with Gasteiger partial charge < -0.3 is 19.5 Å². The molecular formula is C16H22N2O3. The van der Waals surface area contributed by atoms with Gasteiger partial charge in [-0.2, -0.15) is 0 Å². The Labute approximate surface area is 125 Å². The van der Waals surface area contributed by atoms with Crippen molar-refractivity contribution in [3.63, 3.8) is 0 Å². The van der Waals surface area contributed by atoms with Gasteiger partial charge in [0.25, 0.3) is 0 Å². The highest BCUT2D eigenvalue weighted by Crippen LogP contribution is 2.35. The maximum atomic E-state index is 5.96. The van der Waals surface area contributed by atoms with Gasteiger partial charge in [-0.3, -0.25) is 4.90 Å². The molecule has 21 heavy (non-hydrogen) atoms. The fraction of sp³-hybridized carbons (Fsp3) is 0.625. The number of ether oxygens (including phenoxy) is 3. The molecule has 1 aromatic rings. The van der Waals surface area contributed by atoms with E-state index in [9.17, 15) is 0 Å². The molecule has 5 nitrogen and oxygen atoms in total. The van der Waals surface area contributed by atoms with E-state index in [1.165, 1.54) is 19.4 Å². The minimum absolute atomic E-state index is 0.299. The predicted molar refractivity (Wildman–Crippen MR) is 78.6 cm³/mol. The topological polar surface area (TPSA) is 43.0 Å². The van der Waals surface area contributed by atoms with Crippen LogP contribution in [0.1, 0.15) is 18.4 Å². The van der Waals surface area contributed by atoms with Gasteiger partial charge in [-0.15, -0.1) is 0 Å². The standard InChI is InChI=1S/C16H22N2O3/c1-3-12(16-15(5-1)20-11-21-16)7-17-8-14-9-18-6-2-4-13(18)10-19-14/h1,3,5,13-14,17H,2,4,6-11H2. The van der Waals surface area contributed by atoms with Gasteiger partial charge in [0, 0.05) is 31.2 Å². The summed E-state index contributed by atoms with van der Waals surface area (Å²) in [5, 5.41) is 3.49. The maximum absolute atomic E-state index is 5.96. The molecule has 5 heteroatoms. The average Bonchev–Trinajstić information content (AvgIpc) is 3.15. The van der Waals surface area contributed by atoms with Crippen LogP contribution in [0.15, 0.2) is 18.2 Å². The summed E-state index contributed by atoms with van der Waals surface area (Å²) < 4.78 is 16.9. The Hall–Kier alpha value is -1.30. The lowest BCUT2D eigenvalue weighted by Gasteiger charge is -2.35. The zero-order valence-corrected chi connectivity index (χ0v) is 12.2. The highest BCUT2D eigenvalue weighted by Gasteiger charge is 2.31. The zero-order chi connectivity index (χ0) is 14.1. The molecule has 0 amide bonds. The summed E-state index contributed by atoms with van der Waals surface area (Å²) in [6.07, 6.45) is 2.92. The molecule has 1 N–H and O–H groups in total. The molecule has 0 radical (unpaired) electrons. The van der Waals surface area contributed by atoms with Gasteiger partial charge in [0.15, 0.2) is 11.5 Å². The predicted octanol–water partition coefficient (Wildman–Crippen LogP) is 1.37. The van der Waals surface area contributed by atoms with Crippen molar-refractivity contribution in [2.75, 3.05) is 33.0 Å². The normalized spacial score (nSPS) is 27.8. The molecule has 3 aliphatic heterocycles. The van der Waals surface area contributed by atoms with Crippen LogP contribution >= 0.6 is 0 Å². The Morgan fingerprint density at radius 1 is 1.29 bits per heavy atom. The third-order valence-electron chi connectivity index (χ3n) is 4.63. The van der Waals surface area contributed by atoms with Crippen molar-refractivity contribution in [3.05, 3.63) is 23.8 Å². The number of hydrogen-bond acceptors (Lipinski definition) is 5. The average molecular weight is 290 g/mol. The van der Waals surface area contributed by atoms with Crippen LogP contribution in [0, 0.1) is 0 Å². The molecule has 0 saturated carbocycles. The third-order valence-corrected chi connectivity index (χ3v) is 4.63. The molecule has 3 aliphatic rings. The monoisotopic (exact) mass is 290 g/mol. The van der Waals surface area contributed by atoms with Crippen LogP contribution in [0.2, 0.25) is 0 Å². The molecule has 0 aliphatic carbocycles. The summed E-state index contributed by atoms with van der Waals surface area (Å²) >= 11 is 0. The number of hydrogen-bond donors (Lipinski definition) is 1. The molecule has 4 rings (SSSR count). The van der Waals surface area contributed by atoms with Crippen molar-refractivity contribution in [2.45, 2.75) is 31.5 Å². The zero-order valence-electron chi connectivity index (χ0n) is 12.2. The second-order valence-electron chi connectivity index (χ2n) is 6.03. The Kier molecular flexibility index (Phi) is 3.71. The number of benzene rings is 1. The SMILES string of the molecule is c1cc(CNCC2CN3CCCC3CO2)c2c(c1)OCO2. The van der Waals surface area contributed by atoms with Crippen LogP contribution < -0.4 is 14.8 Å². The first-order chi connectivity index (χ1) is 10.4. The molecule has 0 bridgehead atoms. The van der Waals surface area contributed by atoms with Gasteiger partial charge in [-0.1, -0.05) is 12.1 Å². The van der Waals surface area contributed by atoms with Crippen LogP contribution in [0.25, 0.3) is 0 Å². The van der Waals surface area contributed by atoms with E-state index in [1.807, 2.05) is 12.1 Å². The number of nitrogens with zero attached hydrogens (tertiary/aromatic N) is 1. The van der Waals surface area contributed by atoms with E-state index in [2.05, 4.69) is 16.3 Å². The first-order valence-electron chi connectivity index (χ1n) is 7.84. The van der Waals surface area contributed by atoms with Crippen LogP contribution in [-0.2, 0) is 11.3 Å². The van der Waals surface area contributed by atoms with Crippen LogP contribution in [0.4, 0.5) is 0 Å². The van der Waals surface area contributed by atoms with Crippen molar-refractivity contribution in [2.24, 2.45) is 0 Å². The molecule has 0 aromatic heterocycles. The molecule has 2 fully saturated rings. The van der Waals surface area contributed by atoms with E-state index >= 15 is 0 Å². The van der Waals surface area contributed by atoms with Gasteiger partial charge in [-0.05, 0) is 25.5 Å². The van der Waals surface area contributed by atoms with Crippen LogP contribution in [0.5, 0.6) is 11.5 Å². The Morgan fingerprint density at radius 3 is 3.29 bits per heavy atom. The lowest BCUT2D eigenvalue weighted by Crippen LogP contribution is -2.49. The van der Waals surface area contributed by atoms with Gasteiger partial charge in [0.1, 0.15) is 0 Å². The summed E-state index contributed by atoms with van der Waals surface area (Å²) in [7, 11) is 0. The van der Waals surface area contributed by atoms with Crippen LogP contribution in [-0.4, -0.2) is 50.1 Å². The van der Waals surface area contributed by atoms with E-state index in [0.29, 0.717) is 18.9 Å². The van der Waals surface area contributed by atoms with E-state index in [1.54, 1.807) is 0 Å². The Balaban J connectivity index is 1.29. The first-order valence-corrected chi connectivity index (χ1v) is 7.84. The van der Waals surface area contributed by atoms with Crippen molar-refractivity contribution in [3.8, 4) is 11.5 Å². The molecule has 2 unspecified atom stereocenters.